The van der Waals surface area contributed by atoms with Crippen molar-refractivity contribution in [2.75, 3.05) is 35.7 Å². The molecular formula is C20H21N7O3S. The van der Waals surface area contributed by atoms with Crippen molar-refractivity contribution in [3.05, 3.63) is 53.7 Å². The topological polar surface area (TPSA) is 122 Å². The van der Waals surface area contributed by atoms with E-state index in [1.54, 1.807) is 30.5 Å². The Balaban J connectivity index is 1.29. The predicted octanol–water partition coefficient (Wildman–Crippen LogP) is 1.99. The van der Waals surface area contributed by atoms with Crippen LogP contribution in [0.5, 0.6) is 0 Å². The van der Waals surface area contributed by atoms with Gasteiger partial charge in [-0.15, -0.1) is 15.3 Å². The second-order valence-corrected chi connectivity index (χ2v) is 7.96. The number of rotatable bonds is 7. The number of nitrogens with one attached hydrogen (secondary N) is 2. The van der Waals surface area contributed by atoms with E-state index in [9.17, 15) is 9.59 Å². The summed E-state index contributed by atoms with van der Waals surface area (Å²) in [4.78, 5) is 26.2. The van der Waals surface area contributed by atoms with Crippen molar-refractivity contribution in [2.45, 2.75) is 18.9 Å². The van der Waals surface area contributed by atoms with Crippen molar-refractivity contribution in [1.29, 1.82) is 0 Å². The number of ether oxygens (including phenoxy) is 1. The van der Waals surface area contributed by atoms with E-state index in [0.717, 1.165) is 25.3 Å². The van der Waals surface area contributed by atoms with Crippen molar-refractivity contribution in [3.63, 3.8) is 0 Å². The van der Waals surface area contributed by atoms with Gasteiger partial charge >= 0.3 is 5.97 Å². The summed E-state index contributed by atoms with van der Waals surface area (Å²) in [5.74, 6) is 0.180. The third-order valence-corrected chi connectivity index (χ3v) is 5.55. The maximum atomic E-state index is 12.4. The number of aromatic nitrogens is 4. The van der Waals surface area contributed by atoms with Gasteiger partial charge in [0, 0.05) is 25.3 Å². The lowest BCUT2D eigenvalue weighted by Gasteiger charge is -2.16. The molecule has 1 atom stereocenters. The summed E-state index contributed by atoms with van der Waals surface area (Å²) in [6, 6.07) is 10.8. The second kappa shape index (κ2) is 9.47. The Hall–Kier alpha value is -3.60. The monoisotopic (exact) mass is 439 g/mol. The molecule has 160 valence electrons. The molecule has 0 aliphatic carbocycles. The van der Waals surface area contributed by atoms with Gasteiger partial charge in [-0.3, -0.25) is 4.79 Å². The number of hydrogen-bond donors (Lipinski definition) is 2. The fraction of sp³-hybridized carbons (Fsp3) is 0.300. The average molecular weight is 440 g/mol. The molecule has 3 aromatic rings. The smallest absolute Gasteiger partial charge is 0.337 e. The van der Waals surface area contributed by atoms with E-state index in [2.05, 4.69) is 35.9 Å². The molecule has 3 heterocycles. The van der Waals surface area contributed by atoms with Crippen molar-refractivity contribution >= 4 is 39.3 Å². The zero-order valence-corrected chi connectivity index (χ0v) is 17.6. The van der Waals surface area contributed by atoms with Crippen molar-refractivity contribution in [2.24, 2.45) is 0 Å². The molecule has 1 aliphatic heterocycles. The van der Waals surface area contributed by atoms with E-state index in [4.69, 9.17) is 4.74 Å². The highest BCUT2D eigenvalue weighted by atomic mass is 32.1. The summed E-state index contributed by atoms with van der Waals surface area (Å²) < 4.78 is 4.71. The van der Waals surface area contributed by atoms with Crippen LogP contribution in [0.15, 0.2) is 42.6 Å². The Morgan fingerprint density at radius 1 is 1.19 bits per heavy atom. The fourth-order valence-electron chi connectivity index (χ4n) is 3.33. The number of carbonyl (C=O) groups is 2. The lowest BCUT2D eigenvalue weighted by Crippen LogP contribution is -2.26. The van der Waals surface area contributed by atoms with Crippen LogP contribution >= 0.6 is 11.3 Å². The molecule has 1 aliphatic rings. The van der Waals surface area contributed by atoms with Crippen molar-refractivity contribution < 1.29 is 14.3 Å². The molecule has 2 aromatic heterocycles. The van der Waals surface area contributed by atoms with Crippen molar-refractivity contribution in [1.82, 2.24) is 20.4 Å². The Kier molecular flexibility index (Phi) is 6.32. The number of carbonyl (C=O) groups excluding carboxylic acids is 2. The quantitative estimate of drug-likeness (QED) is 0.532. The number of anilines is 3. The largest absolute Gasteiger partial charge is 0.465 e. The standard InChI is InChI=1S/C20H21N7O3S/c1-30-18(29)14-5-2-4-13(10-14)11-17(28)23-20-26-25-19(31-20)22-15-7-9-27(12-15)16-6-3-8-21-24-16/h2-6,8,10,15H,7,9,11-12H2,1H3,(H,22,25)(H,23,26,28)/t15-/m1/s1. The van der Waals surface area contributed by atoms with Crippen molar-refractivity contribution in [3.8, 4) is 0 Å². The number of benzene rings is 1. The molecule has 1 amide bonds. The third kappa shape index (κ3) is 5.31. The molecule has 0 spiro atoms. The van der Waals surface area contributed by atoms with E-state index in [-0.39, 0.29) is 18.4 Å². The molecule has 1 fully saturated rings. The SMILES string of the molecule is COC(=O)c1cccc(CC(=O)Nc2nnc(N[C@@H]3CCN(c4cccnn4)C3)s2)c1. The summed E-state index contributed by atoms with van der Waals surface area (Å²) in [5.41, 5.74) is 1.11. The van der Waals surface area contributed by atoms with Crippen LogP contribution in [0.4, 0.5) is 16.1 Å². The normalized spacial score (nSPS) is 15.5. The van der Waals surface area contributed by atoms with E-state index in [0.29, 0.717) is 21.4 Å². The van der Waals surface area contributed by atoms with Crippen LogP contribution in [0.1, 0.15) is 22.3 Å². The molecule has 1 saturated heterocycles. The van der Waals surface area contributed by atoms with Crippen LogP contribution in [0, 0.1) is 0 Å². The highest BCUT2D eigenvalue weighted by Crippen LogP contribution is 2.24. The molecule has 2 N–H and O–H groups in total. The number of nitrogens with zero attached hydrogens (tertiary/aromatic N) is 5. The first-order chi connectivity index (χ1) is 15.1. The molecule has 0 saturated carbocycles. The number of hydrogen-bond acceptors (Lipinski definition) is 10. The maximum absolute atomic E-state index is 12.4. The zero-order valence-electron chi connectivity index (χ0n) is 16.8. The highest BCUT2D eigenvalue weighted by Gasteiger charge is 2.24. The number of amides is 1. The van der Waals surface area contributed by atoms with E-state index in [1.165, 1.54) is 18.4 Å². The van der Waals surface area contributed by atoms with Crippen LogP contribution in [-0.2, 0) is 16.0 Å². The Bertz CT molecular complexity index is 1060. The van der Waals surface area contributed by atoms with Gasteiger partial charge in [0.05, 0.1) is 19.1 Å². The van der Waals surface area contributed by atoms with Gasteiger partial charge in [0.1, 0.15) is 0 Å². The maximum Gasteiger partial charge on any atom is 0.337 e. The first kappa shape index (κ1) is 20.7. The number of methoxy groups -OCH3 is 1. The summed E-state index contributed by atoms with van der Waals surface area (Å²) in [5, 5.41) is 23.4. The molecule has 4 rings (SSSR count). The highest BCUT2D eigenvalue weighted by molar-refractivity contribution is 7.19. The summed E-state index contributed by atoms with van der Waals surface area (Å²) >= 11 is 1.28. The zero-order chi connectivity index (χ0) is 21.6. The van der Waals surface area contributed by atoms with Gasteiger partial charge in [-0.1, -0.05) is 23.5 Å². The lowest BCUT2D eigenvalue weighted by molar-refractivity contribution is -0.115. The minimum Gasteiger partial charge on any atom is -0.465 e. The van der Waals surface area contributed by atoms with Gasteiger partial charge in [-0.2, -0.15) is 5.10 Å². The van der Waals surface area contributed by atoms with Crippen LogP contribution in [0.25, 0.3) is 0 Å². The minimum atomic E-state index is -0.438. The van der Waals surface area contributed by atoms with Crippen LogP contribution in [0.2, 0.25) is 0 Å². The summed E-state index contributed by atoms with van der Waals surface area (Å²) in [7, 11) is 1.32. The van der Waals surface area contributed by atoms with Gasteiger partial charge in [0.2, 0.25) is 16.2 Å². The number of esters is 1. The Morgan fingerprint density at radius 3 is 2.87 bits per heavy atom. The van der Waals surface area contributed by atoms with E-state index < -0.39 is 5.97 Å². The predicted molar refractivity (Wildman–Crippen MR) is 116 cm³/mol. The first-order valence-electron chi connectivity index (χ1n) is 9.70. The lowest BCUT2D eigenvalue weighted by atomic mass is 10.1. The summed E-state index contributed by atoms with van der Waals surface area (Å²) in [6.07, 6.45) is 2.71. The minimum absolute atomic E-state index is 0.114. The molecule has 0 radical (unpaired) electrons. The molecule has 0 bridgehead atoms. The Morgan fingerprint density at radius 2 is 2.06 bits per heavy atom. The Labute approximate surface area is 182 Å². The fourth-order valence-corrected chi connectivity index (χ4v) is 4.07. The molecule has 31 heavy (non-hydrogen) atoms. The molecule has 10 nitrogen and oxygen atoms in total. The van der Waals surface area contributed by atoms with Crippen LogP contribution in [0.3, 0.4) is 0 Å². The molecule has 11 heteroatoms. The molecule has 1 aromatic carbocycles. The van der Waals surface area contributed by atoms with Crippen LogP contribution < -0.4 is 15.5 Å². The van der Waals surface area contributed by atoms with Gasteiger partial charge in [-0.05, 0) is 36.2 Å². The molecule has 0 unspecified atom stereocenters. The van der Waals surface area contributed by atoms with Gasteiger partial charge < -0.3 is 20.3 Å². The van der Waals surface area contributed by atoms with E-state index >= 15 is 0 Å². The molecular weight excluding hydrogens is 418 g/mol. The van der Waals surface area contributed by atoms with Gasteiger partial charge in [0.15, 0.2) is 5.82 Å². The van der Waals surface area contributed by atoms with Gasteiger partial charge in [-0.25, -0.2) is 4.79 Å². The average Bonchev–Trinajstić information content (AvgIpc) is 3.43. The summed E-state index contributed by atoms with van der Waals surface area (Å²) in [6.45, 7) is 1.67. The second-order valence-electron chi connectivity index (χ2n) is 6.99. The first-order valence-corrected chi connectivity index (χ1v) is 10.5. The van der Waals surface area contributed by atoms with Gasteiger partial charge in [0.25, 0.3) is 0 Å². The van der Waals surface area contributed by atoms with E-state index in [1.807, 2.05) is 12.1 Å². The van der Waals surface area contributed by atoms with Crippen LogP contribution in [-0.4, -0.2) is 58.5 Å². The third-order valence-electron chi connectivity index (χ3n) is 4.78.